The molecule has 0 N–H and O–H groups in total. The number of benzene rings is 1. The molecule has 0 amide bonds. The normalized spacial score (nSPS) is 13.0. The van der Waals surface area contributed by atoms with Crippen LogP contribution < -0.4 is 0 Å². The minimum absolute atomic E-state index is 0.130. The predicted octanol–water partition coefficient (Wildman–Crippen LogP) is 5.40. The van der Waals surface area contributed by atoms with Gasteiger partial charge in [-0.2, -0.15) is 0 Å². The summed E-state index contributed by atoms with van der Waals surface area (Å²) in [6.45, 7) is 16.7. The molecule has 1 aromatic rings. The number of nitrogens with zero attached hydrogens (tertiary/aromatic N) is 2. The monoisotopic (exact) mass is 336 g/mol. The van der Waals surface area contributed by atoms with Crippen molar-refractivity contribution in [1.82, 2.24) is 0 Å². The van der Waals surface area contributed by atoms with Crippen molar-refractivity contribution in [2.75, 3.05) is 0 Å². The van der Waals surface area contributed by atoms with Gasteiger partial charge in [-0.3, -0.25) is 20.2 Å². The zero-order valence-electron chi connectivity index (χ0n) is 16.1. The number of hydrogen-bond donors (Lipinski definition) is 0. The molecule has 6 heteroatoms. The minimum atomic E-state index is -0.730. The van der Waals surface area contributed by atoms with Crippen molar-refractivity contribution in [1.29, 1.82) is 0 Å². The zero-order chi connectivity index (χ0) is 19.2. The van der Waals surface area contributed by atoms with Crippen molar-refractivity contribution in [3.8, 4) is 0 Å². The van der Waals surface area contributed by atoms with E-state index in [1.165, 1.54) is 0 Å². The number of nitro benzene ring substituents is 2. The molecule has 0 spiro atoms. The lowest BCUT2D eigenvalue weighted by molar-refractivity contribution is -0.397. The van der Waals surface area contributed by atoms with Crippen molar-refractivity contribution < 1.29 is 9.85 Å². The molecular formula is C18H28N2O4. The molecule has 0 saturated carbocycles. The largest absolute Gasteiger partial charge is 0.283 e. The van der Waals surface area contributed by atoms with E-state index in [0.29, 0.717) is 11.1 Å². The van der Waals surface area contributed by atoms with E-state index in [2.05, 4.69) is 0 Å². The lowest BCUT2D eigenvalue weighted by atomic mass is 9.73. The lowest BCUT2D eigenvalue weighted by Crippen LogP contribution is -2.26. The molecule has 0 radical (unpaired) electrons. The highest BCUT2D eigenvalue weighted by Crippen LogP contribution is 2.48. The van der Waals surface area contributed by atoms with Crippen LogP contribution in [0, 0.1) is 20.2 Å². The number of rotatable bonds is 2. The lowest BCUT2D eigenvalue weighted by Gasteiger charge is -2.29. The van der Waals surface area contributed by atoms with Crippen LogP contribution in [0.1, 0.15) is 79.0 Å². The summed E-state index contributed by atoms with van der Waals surface area (Å²) >= 11 is 0. The second-order valence-corrected chi connectivity index (χ2v) is 9.31. The Morgan fingerprint density at radius 3 is 1.12 bits per heavy atom. The van der Waals surface area contributed by atoms with Gasteiger partial charge in [0.1, 0.15) is 5.56 Å². The fourth-order valence-electron chi connectivity index (χ4n) is 2.90. The number of hydrogen-bond acceptors (Lipinski definition) is 4. The molecule has 0 aliphatic carbocycles. The van der Waals surface area contributed by atoms with Gasteiger partial charge in [0.25, 0.3) is 11.4 Å². The summed E-state index contributed by atoms with van der Waals surface area (Å²) in [6, 6.07) is 1.66. The molecule has 24 heavy (non-hydrogen) atoms. The third-order valence-electron chi connectivity index (χ3n) is 4.00. The van der Waals surface area contributed by atoms with Crippen LogP contribution in [-0.4, -0.2) is 9.85 Å². The van der Waals surface area contributed by atoms with E-state index in [1.54, 1.807) is 26.8 Å². The van der Waals surface area contributed by atoms with Gasteiger partial charge < -0.3 is 0 Å². The van der Waals surface area contributed by atoms with E-state index in [4.69, 9.17) is 0 Å². The minimum Gasteiger partial charge on any atom is -0.258 e. The Labute approximate surface area is 143 Å². The first kappa shape index (κ1) is 20.1. The maximum Gasteiger partial charge on any atom is 0.283 e. The van der Waals surface area contributed by atoms with Gasteiger partial charge in [0.15, 0.2) is 0 Å². The second kappa shape index (κ2) is 5.83. The Morgan fingerprint density at radius 2 is 0.958 bits per heavy atom. The molecule has 0 atom stereocenters. The van der Waals surface area contributed by atoms with Crippen LogP contribution in [0.5, 0.6) is 0 Å². The van der Waals surface area contributed by atoms with Crippen molar-refractivity contribution in [2.24, 2.45) is 0 Å². The summed E-state index contributed by atoms with van der Waals surface area (Å²) in [5.74, 6) is 0. The zero-order valence-corrected chi connectivity index (χ0v) is 16.1. The highest BCUT2D eigenvalue weighted by Gasteiger charge is 2.43. The maximum atomic E-state index is 11.9. The number of nitro groups is 2. The average molecular weight is 336 g/mol. The standard InChI is InChI=1S/C18H28N2O4/c1-16(2,3)11-10-12(17(4,5)6)15(20(23)24)13(18(7,8)9)14(11)19(21)22/h10H,1-9H3. The maximum absolute atomic E-state index is 11.9. The molecule has 1 rings (SSSR count). The first-order chi connectivity index (χ1) is 10.5. The van der Waals surface area contributed by atoms with Gasteiger partial charge in [-0.1, -0.05) is 62.3 Å². The Morgan fingerprint density at radius 1 is 0.667 bits per heavy atom. The molecular weight excluding hydrogens is 308 g/mol. The second-order valence-electron chi connectivity index (χ2n) is 9.31. The molecule has 0 heterocycles. The smallest absolute Gasteiger partial charge is 0.258 e. The molecule has 0 unspecified atom stereocenters. The highest BCUT2D eigenvalue weighted by molar-refractivity contribution is 5.67. The third kappa shape index (κ3) is 3.74. The van der Waals surface area contributed by atoms with Crippen molar-refractivity contribution >= 4 is 11.4 Å². The van der Waals surface area contributed by atoms with Crippen molar-refractivity contribution in [3.63, 3.8) is 0 Å². The third-order valence-corrected chi connectivity index (χ3v) is 4.00. The van der Waals surface area contributed by atoms with Gasteiger partial charge in [-0.25, -0.2) is 0 Å². The van der Waals surface area contributed by atoms with Gasteiger partial charge in [-0.15, -0.1) is 0 Å². The van der Waals surface area contributed by atoms with Gasteiger partial charge >= 0.3 is 0 Å². The fourth-order valence-corrected chi connectivity index (χ4v) is 2.90. The van der Waals surface area contributed by atoms with Gasteiger partial charge in [0.05, 0.1) is 9.85 Å². The predicted molar refractivity (Wildman–Crippen MR) is 95.9 cm³/mol. The first-order valence-electron chi connectivity index (χ1n) is 8.00. The quantitative estimate of drug-likeness (QED) is 0.534. The van der Waals surface area contributed by atoms with Crippen molar-refractivity contribution in [3.05, 3.63) is 43.0 Å². The summed E-state index contributed by atoms with van der Waals surface area (Å²) in [4.78, 5) is 22.8. The van der Waals surface area contributed by atoms with Gasteiger partial charge in [-0.05, 0) is 16.9 Å². The summed E-state index contributed by atoms with van der Waals surface area (Å²) in [7, 11) is 0. The van der Waals surface area contributed by atoms with E-state index < -0.39 is 26.1 Å². The average Bonchev–Trinajstić information content (AvgIpc) is 2.32. The van der Waals surface area contributed by atoms with E-state index in [0.717, 1.165) is 0 Å². The van der Waals surface area contributed by atoms with Crippen LogP contribution in [0.25, 0.3) is 0 Å². The summed E-state index contributed by atoms with van der Waals surface area (Å²) in [6.07, 6.45) is 0. The van der Waals surface area contributed by atoms with E-state index in [-0.39, 0.29) is 16.9 Å². The molecule has 0 aliphatic heterocycles. The van der Waals surface area contributed by atoms with E-state index >= 15 is 0 Å². The summed E-state index contributed by atoms with van der Waals surface area (Å²) in [5, 5.41) is 23.7. The Balaban J connectivity index is 4.28. The molecule has 134 valence electrons. The van der Waals surface area contributed by atoms with Gasteiger partial charge in [0, 0.05) is 16.5 Å². The Kier molecular flexibility index (Phi) is 4.87. The molecule has 0 aromatic heterocycles. The van der Waals surface area contributed by atoms with Crippen LogP contribution in [0.15, 0.2) is 6.07 Å². The fraction of sp³-hybridized carbons (Fsp3) is 0.667. The molecule has 6 nitrogen and oxygen atoms in total. The van der Waals surface area contributed by atoms with Crippen LogP contribution in [0.3, 0.4) is 0 Å². The SMILES string of the molecule is CC(C)(C)c1cc(C(C)(C)C)c([N+](=O)[O-])c(C(C)(C)C)c1[N+](=O)[O-]. The highest BCUT2D eigenvalue weighted by atomic mass is 16.6. The molecule has 1 aromatic carbocycles. The Bertz CT molecular complexity index is 637. The summed E-state index contributed by atoms with van der Waals surface area (Å²) in [5.41, 5.74) is -0.721. The van der Waals surface area contributed by atoms with Crippen molar-refractivity contribution in [2.45, 2.75) is 78.6 Å². The molecule has 0 aliphatic rings. The van der Waals surface area contributed by atoms with Crippen LogP contribution in [-0.2, 0) is 16.2 Å². The molecule has 0 bridgehead atoms. The summed E-state index contributed by atoms with van der Waals surface area (Å²) < 4.78 is 0. The van der Waals surface area contributed by atoms with Crippen LogP contribution in [0.4, 0.5) is 11.4 Å². The molecule has 0 saturated heterocycles. The van der Waals surface area contributed by atoms with Gasteiger partial charge in [0.2, 0.25) is 0 Å². The Hall–Kier alpha value is -1.98. The van der Waals surface area contributed by atoms with E-state index in [9.17, 15) is 20.2 Å². The molecule has 0 fully saturated rings. The first-order valence-corrected chi connectivity index (χ1v) is 8.00. The van der Waals surface area contributed by atoms with Crippen LogP contribution >= 0.6 is 0 Å². The topological polar surface area (TPSA) is 86.3 Å². The van der Waals surface area contributed by atoms with Crippen LogP contribution in [0.2, 0.25) is 0 Å². The van der Waals surface area contributed by atoms with E-state index in [1.807, 2.05) is 41.5 Å².